The summed E-state index contributed by atoms with van der Waals surface area (Å²) in [7, 11) is 1.74. The minimum Gasteiger partial charge on any atom is -0.352 e. The lowest BCUT2D eigenvalue weighted by atomic mass is 9.83. The summed E-state index contributed by atoms with van der Waals surface area (Å²) >= 11 is 0. The molecule has 1 aromatic carbocycles. The Kier molecular flexibility index (Phi) is 4.81. The van der Waals surface area contributed by atoms with Gasteiger partial charge in [0.25, 0.3) is 11.5 Å². The van der Waals surface area contributed by atoms with Gasteiger partial charge in [-0.2, -0.15) is 0 Å². The summed E-state index contributed by atoms with van der Waals surface area (Å²) < 4.78 is 1.59. The van der Waals surface area contributed by atoms with Crippen LogP contribution >= 0.6 is 0 Å². The van der Waals surface area contributed by atoms with Gasteiger partial charge in [0.1, 0.15) is 0 Å². The molecule has 2 fully saturated rings. The van der Waals surface area contributed by atoms with Crippen LogP contribution in [0, 0.1) is 5.92 Å². The van der Waals surface area contributed by atoms with E-state index in [1.54, 1.807) is 11.6 Å². The van der Waals surface area contributed by atoms with Gasteiger partial charge < -0.3 is 14.8 Å². The van der Waals surface area contributed by atoms with Crippen molar-refractivity contribution in [2.45, 2.75) is 38.1 Å². The second-order valence-electron chi connectivity index (χ2n) is 7.68. The molecule has 0 radical (unpaired) electrons. The number of rotatable bonds is 3. The molecule has 0 aliphatic carbocycles. The van der Waals surface area contributed by atoms with Crippen molar-refractivity contribution in [1.29, 1.82) is 0 Å². The summed E-state index contributed by atoms with van der Waals surface area (Å²) in [4.78, 5) is 27.7. The fourth-order valence-corrected chi connectivity index (χ4v) is 4.73. The van der Waals surface area contributed by atoms with Crippen molar-refractivity contribution in [2.75, 3.05) is 19.6 Å². The largest absolute Gasteiger partial charge is 0.352 e. The van der Waals surface area contributed by atoms with Gasteiger partial charge in [-0.1, -0.05) is 24.6 Å². The van der Waals surface area contributed by atoms with Gasteiger partial charge in [0, 0.05) is 31.1 Å². The number of benzene rings is 1. The highest BCUT2D eigenvalue weighted by atomic mass is 16.2. The van der Waals surface area contributed by atoms with Gasteiger partial charge in [-0.15, -0.1) is 0 Å². The van der Waals surface area contributed by atoms with E-state index < -0.39 is 0 Å². The highest BCUT2D eigenvalue weighted by molar-refractivity contribution is 6.06. The average Bonchev–Trinajstić information content (AvgIpc) is 2.69. The molecule has 2 atom stereocenters. The van der Waals surface area contributed by atoms with Gasteiger partial charge in [-0.05, 0) is 50.8 Å². The van der Waals surface area contributed by atoms with Crippen LogP contribution in [-0.2, 0) is 7.05 Å². The van der Waals surface area contributed by atoms with Gasteiger partial charge in [0.15, 0.2) is 0 Å². The van der Waals surface area contributed by atoms with Crippen LogP contribution < -0.4 is 10.9 Å². The fourth-order valence-electron chi connectivity index (χ4n) is 4.73. The highest BCUT2D eigenvalue weighted by Gasteiger charge is 2.33. The van der Waals surface area contributed by atoms with E-state index in [0.29, 0.717) is 24.1 Å². The van der Waals surface area contributed by atoms with Crippen molar-refractivity contribution in [3.63, 3.8) is 0 Å². The Labute approximate surface area is 154 Å². The van der Waals surface area contributed by atoms with E-state index in [-0.39, 0.29) is 11.5 Å². The third kappa shape index (κ3) is 3.16. The summed E-state index contributed by atoms with van der Waals surface area (Å²) in [5.41, 5.74) is 1.13. The number of hydrogen-bond acceptors (Lipinski definition) is 3. The summed E-state index contributed by atoms with van der Waals surface area (Å²) in [6.07, 6.45) is 6.24. The Balaban J connectivity index is 1.53. The first-order chi connectivity index (χ1) is 12.6. The number of hydrogen-bond donors (Lipinski definition) is 1. The molecule has 26 heavy (non-hydrogen) atoms. The van der Waals surface area contributed by atoms with Crippen molar-refractivity contribution < 1.29 is 4.79 Å². The first-order valence-corrected chi connectivity index (χ1v) is 9.76. The molecule has 0 bridgehead atoms. The summed E-state index contributed by atoms with van der Waals surface area (Å²) in [5.74, 6) is 0.387. The predicted molar refractivity (Wildman–Crippen MR) is 103 cm³/mol. The zero-order chi connectivity index (χ0) is 18.1. The molecular weight excluding hydrogens is 326 g/mol. The van der Waals surface area contributed by atoms with Crippen LogP contribution in [0.5, 0.6) is 0 Å². The van der Waals surface area contributed by atoms with Crippen LogP contribution in [0.3, 0.4) is 0 Å². The second-order valence-corrected chi connectivity index (χ2v) is 7.68. The monoisotopic (exact) mass is 353 g/mol. The number of aryl methyl sites for hydroxylation is 1. The van der Waals surface area contributed by atoms with Crippen molar-refractivity contribution in [3.8, 4) is 0 Å². The lowest BCUT2D eigenvalue weighted by Crippen LogP contribution is -2.51. The molecule has 2 aliphatic heterocycles. The van der Waals surface area contributed by atoms with E-state index in [1.165, 1.54) is 51.3 Å². The zero-order valence-corrected chi connectivity index (χ0v) is 15.4. The molecular formula is C21H27N3O2. The molecule has 0 saturated carbocycles. The molecule has 0 unspecified atom stereocenters. The maximum atomic E-state index is 12.9. The van der Waals surface area contributed by atoms with Crippen LogP contribution in [0.25, 0.3) is 10.9 Å². The summed E-state index contributed by atoms with van der Waals surface area (Å²) in [6, 6.07) is 9.67. The zero-order valence-electron chi connectivity index (χ0n) is 15.4. The lowest BCUT2D eigenvalue weighted by Gasteiger charge is -2.44. The molecule has 5 heteroatoms. The summed E-state index contributed by atoms with van der Waals surface area (Å²) in [6.45, 7) is 3.10. The van der Waals surface area contributed by atoms with Gasteiger partial charge in [-0.3, -0.25) is 9.59 Å². The molecule has 138 valence electrons. The van der Waals surface area contributed by atoms with Crippen LogP contribution in [0.1, 0.15) is 42.5 Å². The van der Waals surface area contributed by atoms with Crippen molar-refractivity contribution in [2.24, 2.45) is 13.0 Å². The molecule has 3 heterocycles. The van der Waals surface area contributed by atoms with Crippen molar-refractivity contribution in [1.82, 2.24) is 14.8 Å². The topological polar surface area (TPSA) is 54.3 Å². The molecule has 1 N–H and O–H groups in total. The molecule has 4 rings (SSSR count). The number of pyridine rings is 1. The van der Waals surface area contributed by atoms with E-state index in [0.717, 1.165) is 10.9 Å². The van der Waals surface area contributed by atoms with Crippen LogP contribution in [0.4, 0.5) is 0 Å². The van der Waals surface area contributed by atoms with E-state index in [1.807, 2.05) is 24.3 Å². The third-order valence-corrected chi connectivity index (χ3v) is 6.15. The summed E-state index contributed by atoms with van der Waals surface area (Å²) in [5, 5.41) is 3.96. The Hall–Kier alpha value is -2.14. The van der Waals surface area contributed by atoms with E-state index >= 15 is 0 Å². The van der Waals surface area contributed by atoms with E-state index in [4.69, 9.17) is 0 Å². The molecule has 1 aromatic heterocycles. The highest BCUT2D eigenvalue weighted by Crippen LogP contribution is 2.30. The number of piperidine rings is 2. The maximum absolute atomic E-state index is 12.9. The minimum absolute atomic E-state index is 0.133. The molecule has 0 spiro atoms. The smallest absolute Gasteiger partial charge is 0.252 e. The normalized spacial score (nSPS) is 23.6. The molecule has 5 nitrogen and oxygen atoms in total. The Morgan fingerprint density at radius 1 is 1.15 bits per heavy atom. The SMILES string of the molecule is Cn1c(=O)cc(C(=O)NC[C@H]2CCCN3CCCC[C@H]23)c2ccccc21. The van der Waals surface area contributed by atoms with Gasteiger partial charge in [-0.25, -0.2) is 0 Å². The first-order valence-electron chi connectivity index (χ1n) is 9.76. The van der Waals surface area contributed by atoms with Crippen LogP contribution in [0.2, 0.25) is 0 Å². The number of para-hydroxylation sites is 1. The Morgan fingerprint density at radius 2 is 1.96 bits per heavy atom. The van der Waals surface area contributed by atoms with Gasteiger partial charge in [0.05, 0.1) is 11.1 Å². The van der Waals surface area contributed by atoms with Gasteiger partial charge in [0.2, 0.25) is 0 Å². The fraction of sp³-hybridized carbons (Fsp3) is 0.524. The maximum Gasteiger partial charge on any atom is 0.252 e. The average molecular weight is 353 g/mol. The van der Waals surface area contributed by atoms with Crippen molar-refractivity contribution >= 4 is 16.8 Å². The predicted octanol–water partition coefficient (Wildman–Crippen LogP) is 2.53. The van der Waals surface area contributed by atoms with E-state index in [2.05, 4.69) is 10.2 Å². The second kappa shape index (κ2) is 7.23. The van der Waals surface area contributed by atoms with Gasteiger partial charge >= 0.3 is 0 Å². The molecule has 2 aromatic rings. The first kappa shape index (κ1) is 17.3. The standard InChI is InChI=1S/C21H27N3O2/c1-23-19-10-3-2-8-16(19)17(13-20(23)25)21(26)22-14-15-7-6-12-24-11-5-4-9-18(15)24/h2-3,8,10,13,15,18H,4-7,9,11-12,14H2,1H3,(H,22,26)/t15-,18-/m1/s1. The number of amides is 1. The number of carbonyl (C=O) groups excluding carboxylic acids is 1. The third-order valence-electron chi connectivity index (χ3n) is 6.15. The minimum atomic E-state index is -0.148. The molecule has 2 aliphatic rings. The quantitative estimate of drug-likeness (QED) is 0.923. The molecule has 1 amide bonds. The van der Waals surface area contributed by atoms with Crippen LogP contribution in [-0.4, -0.2) is 41.1 Å². The number of nitrogens with zero attached hydrogens (tertiary/aromatic N) is 2. The number of fused-ring (bicyclic) bond motifs is 2. The number of aromatic nitrogens is 1. The Bertz CT molecular complexity index is 871. The Morgan fingerprint density at radius 3 is 2.85 bits per heavy atom. The van der Waals surface area contributed by atoms with Crippen molar-refractivity contribution in [3.05, 3.63) is 46.2 Å². The number of carbonyl (C=O) groups is 1. The van der Waals surface area contributed by atoms with Crippen LogP contribution in [0.15, 0.2) is 35.1 Å². The number of nitrogens with one attached hydrogen (secondary N) is 1. The molecule has 2 saturated heterocycles. The van der Waals surface area contributed by atoms with E-state index in [9.17, 15) is 9.59 Å². The lowest BCUT2D eigenvalue weighted by molar-refractivity contribution is 0.0576.